The monoisotopic (exact) mass is 416 g/mol. The lowest BCUT2D eigenvalue weighted by Crippen LogP contribution is -2.55. The molecule has 0 aliphatic heterocycles. The zero-order valence-corrected chi connectivity index (χ0v) is 19.7. The Balaban J connectivity index is 1.50. The van der Waals surface area contributed by atoms with Crippen molar-refractivity contribution in [3.63, 3.8) is 0 Å². The van der Waals surface area contributed by atoms with Gasteiger partial charge in [-0.2, -0.15) is 0 Å². The van der Waals surface area contributed by atoms with Crippen LogP contribution >= 0.6 is 0 Å². The highest BCUT2D eigenvalue weighted by molar-refractivity contribution is 5.91. The van der Waals surface area contributed by atoms with Crippen LogP contribution in [-0.2, 0) is 4.79 Å². The van der Waals surface area contributed by atoms with Crippen molar-refractivity contribution in [2.75, 3.05) is 6.61 Å². The Bertz CT molecular complexity index is 684. The molecular weight excluding hydrogens is 372 g/mol. The van der Waals surface area contributed by atoms with E-state index in [0.29, 0.717) is 42.1 Å². The molecule has 4 unspecified atom stereocenters. The fraction of sp³-hybridized carbons (Fsp3) is 0.889. The second-order valence-corrected chi connectivity index (χ2v) is 12.0. The standard InChI is InChI=1S/C27H44O3/c1-17(16-28)6-5-7-18(2)21-8-9-22-25-23(11-13-27(21,22)4)26(3)12-10-20(29)14-19(26)15-24(25)30/h14,17-18,21-25,28,30H,5-13,15-16H2,1-4H3/t17?,18-,21-,22?,23?,24-,25?,26+,27-/m1/s1. The molecule has 0 spiro atoms. The number of fused-ring (bicyclic) bond motifs is 5. The topological polar surface area (TPSA) is 57.5 Å². The molecular formula is C27H44O3. The van der Waals surface area contributed by atoms with Crippen LogP contribution in [-0.4, -0.2) is 28.7 Å². The van der Waals surface area contributed by atoms with E-state index in [0.717, 1.165) is 31.1 Å². The van der Waals surface area contributed by atoms with Gasteiger partial charge in [-0.3, -0.25) is 4.79 Å². The number of carbonyl (C=O) groups is 1. The van der Waals surface area contributed by atoms with Gasteiger partial charge in [-0.1, -0.05) is 46.1 Å². The molecule has 0 aromatic rings. The molecule has 0 heterocycles. The Morgan fingerprint density at radius 2 is 1.87 bits per heavy atom. The molecule has 3 saturated carbocycles. The third-order valence-electron chi connectivity index (χ3n) is 10.4. The summed E-state index contributed by atoms with van der Waals surface area (Å²) in [5.74, 6) is 3.75. The van der Waals surface area contributed by atoms with E-state index in [9.17, 15) is 15.0 Å². The van der Waals surface area contributed by atoms with E-state index in [2.05, 4.69) is 27.7 Å². The predicted molar refractivity (Wildman–Crippen MR) is 121 cm³/mol. The molecule has 0 amide bonds. The molecule has 4 aliphatic carbocycles. The highest BCUT2D eigenvalue weighted by Crippen LogP contribution is 2.67. The highest BCUT2D eigenvalue weighted by Gasteiger charge is 2.61. The second-order valence-electron chi connectivity index (χ2n) is 12.0. The van der Waals surface area contributed by atoms with Crippen LogP contribution in [0.15, 0.2) is 11.6 Å². The summed E-state index contributed by atoms with van der Waals surface area (Å²) in [7, 11) is 0. The average molecular weight is 417 g/mol. The Labute approximate surface area is 183 Å². The first-order valence-electron chi connectivity index (χ1n) is 12.7. The maximum absolute atomic E-state index is 12.1. The zero-order chi connectivity index (χ0) is 21.7. The minimum Gasteiger partial charge on any atom is -0.396 e. The molecule has 0 radical (unpaired) electrons. The summed E-state index contributed by atoms with van der Waals surface area (Å²) in [6.45, 7) is 9.85. The zero-order valence-electron chi connectivity index (χ0n) is 19.7. The molecule has 3 heteroatoms. The van der Waals surface area contributed by atoms with Crippen molar-refractivity contribution < 1.29 is 15.0 Å². The lowest BCUT2D eigenvalue weighted by molar-refractivity contribution is -0.124. The number of aliphatic hydroxyl groups is 2. The van der Waals surface area contributed by atoms with Crippen molar-refractivity contribution in [1.82, 2.24) is 0 Å². The van der Waals surface area contributed by atoms with Crippen molar-refractivity contribution in [2.45, 2.75) is 98.0 Å². The first-order valence-corrected chi connectivity index (χ1v) is 12.7. The largest absolute Gasteiger partial charge is 0.396 e. The van der Waals surface area contributed by atoms with Crippen LogP contribution in [0, 0.1) is 46.3 Å². The fourth-order valence-corrected chi connectivity index (χ4v) is 8.58. The van der Waals surface area contributed by atoms with Gasteiger partial charge in [0.05, 0.1) is 6.10 Å². The molecule has 170 valence electrons. The van der Waals surface area contributed by atoms with Crippen molar-refractivity contribution >= 4 is 5.78 Å². The molecule has 0 saturated heterocycles. The summed E-state index contributed by atoms with van der Waals surface area (Å²) in [4.78, 5) is 12.1. The molecule has 0 aromatic carbocycles. The molecule has 3 nitrogen and oxygen atoms in total. The number of carbonyl (C=O) groups excluding carboxylic acids is 1. The van der Waals surface area contributed by atoms with Crippen LogP contribution in [0.2, 0.25) is 0 Å². The highest BCUT2D eigenvalue weighted by atomic mass is 16.3. The van der Waals surface area contributed by atoms with Crippen molar-refractivity contribution in [3.8, 4) is 0 Å². The SMILES string of the molecule is CC(CO)CCC[C@@H](C)[C@H]1CCC2C3C(CC[C@@]21C)[C@@]1(C)CCC(=O)C=C1C[C@H]3O. The quantitative estimate of drug-likeness (QED) is 0.598. The van der Waals surface area contributed by atoms with E-state index < -0.39 is 0 Å². The summed E-state index contributed by atoms with van der Waals surface area (Å²) in [6.07, 6.45) is 12.7. The Morgan fingerprint density at radius 3 is 2.60 bits per heavy atom. The van der Waals surface area contributed by atoms with Crippen LogP contribution in [0.1, 0.15) is 91.9 Å². The Kier molecular flexibility index (Phi) is 6.27. The van der Waals surface area contributed by atoms with Gasteiger partial charge in [-0.25, -0.2) is 0 Å². The van der Waals surface area contributed by atoms with Crippen LogP contribution in [0.25, 0.3) is 0 Å². The second kappa shape index (κ2) is 8.35. The number of hydrogen-bond donors (Lipinski definition) is 2. The van der Waals surface area contributed by atoms with Gasteiger partial charge in [-0.05, 0) is 97.4 Å². The predicted octanol–water partition coefficient (Wildman–Crippen LogP) is 5.54. The van der Waals surface area contributed by atoms with Crippen LogP contribution in [0.3, 0.4) is 0 Å². The minimum absolute atomic E-state index is 0.128. The summed E-state index contributed by atoms with van der Waals surface area (Å²) < 4.78 is 0. The fourth-order valence-electron chi connectivity index (χ4n) is 8.58. The third-order valence-corrected chi connectivity index (χ3v) is 10.4. The molecule has 0 bridgehead atoms. The van der Waals surface area contributed by atoms with Crippen LogP contribution < -0.4 is 0 Å². The van der Waals surface area contributed by atoms with Gasteiger partial charge in [0.15, 0.2) is 5.78 Å². The van der Waals surface area contributed by atoms with Gasteiger partial charge < -0.3 is 10.2 Å². The first kappa shape index (κ1) is 22.5. The van der Waals surface area contributed by atoms with E-state index in [1.165, 1.54) is 44.1 Å². The minimum atomic E-state index is -0.274. The Hall–Kier alpha value is -0.670. The van der Waals surface area contributed by atoms with Crippen LogP contribution in [0.4, 0.5) is 0 Å². The van der Waals surface area contributed by atoms with Gasteiger partial charge >= 0.3 is 0 Å². The molecule has 4 rings (SSSR count). The maximum Gasteiger partial charge on any atom is 0.155 e. The normalized spacial score (nSPS) is 45.2. The van der Waals surface area contributed by atoms with E-state index in [1.807, 2.05) is 6.08 Å². The summed E-state index contributed by atoms with van der Waals surface area (Å²) in [5, 5.41) is 20.6. The number of ketones is 1. The molecule has 3 fully saturated rings. The number of rotatable bonds is 6. The van der Waals surface area contributed by atoms with Gasteiger partial charge in [0, 0.05) is 13.0 Å². The lowest BCUT2D eigenvalue weighted by atomic mass is 9.45. The number of aliphatic hydroxyl groups excluding tert-OH is 2. The van der Waals surface area contributed by atoms with Gasteiger partial charge in [0.1, 0.15) is 0 Å². The molecule has 30 heavy (non-hydrogen) atoms. The van der Waals surface area contributed by atoms with Crippen molar-refractivity contribution in [3.05, 3.63) is 11.6 Å². The average Bonchev–Trinajstić information content (AvgIpc) is 3.06. The van der Waals surface area contributed by atoms with Gasteiger partial charge in [-0.15, -0.1) is 0 Å². The van der Waals surface area contributed by atoms with Crippen molar-refractivity contribution in [1.29, 1.82) is 0 Å². The van der Waals surface area contributed by atoms with Crippen molar-refractivity contribution in [2.24, 2.45) is 46.3 Å². The number of hydrogen-bond acceptors (Lipinski definition) is 3. The summed E-state index contributed by atoms with van der Waals surface area (Å²) >= 11 is 0. The summed E-state index contributed by atoms with van der Waals surface area (Å²) in [6, 6.07) is 0. The smallest absolute Gasteiger partial charge is 0.155 e. The van der Waals surface area contributed by atoms with E-state index in [4.69, 9.17) is 0 Å². The van der Waals surface area contributed by atoms with E-state index >= 15 is 0 Å². The van der Waals surface area contributed by atoms with E-state index in [-0.39, 0.29) is 17.3 Å². The van der Waals surface area contributed by atoms with Gasteiger partial charge in [0.2, 0.25) is 0 Å². The molecule has 4 aliphatic rings. The lowest BCUT2D eigenvalue weighted by Gasteiger charge is -2.60. The van der Waals surface area contributed by atoms with Gasteiger partial charge in [0.25, 0.3) is 0 Å². The van der Waals surface area contributed by atoms with E-state index in [1.54, 1.807) is 0 Å². The summed E-state index contributed by atoms with van der Waals surface area (Å²) in [5.41, 5.74) is 1.73. The molecule has 2 N–H and O–H groups in total. The molecule has 9 atom stereocenters. The maximum atomic E-state index is 12.1. The van der Waals surface area contributed by atoms with Crippen LogP contribution in [0.5, 0.6) is 0 Å². The molecule has 0 aromatic heterocycles. The third kappa shape index (κ3) is 3.62. The first-order chi connectivity index (χ1) is 14.2. The Morgan fingerprint density at radius 1 is 1.10 bits per heavy atom.